The molecular formula is C20H21BrClN3OS. The monoisotopic (exact) mass is 465 g/mol. The lowest BCUT2D eigenvalue weighted by molar-refractivity contribution is 0.0984. The van der Waals surface area contributed by atoms with Crippen LogP contribution in [0.2, 0.25) is 5.02 Å². The number of nitrogens with zero attached hydrogens (tertiary/aromatic N) is 3. The molecule has 1 heterocycles. The van der Waals surface area contributed by atoms with Gasteiger partial charge in [-0.05, 0) is 55.6 Å². The quantitative estimate of drug-likeness (QED) is 0.448. The number of anilines is 1. The van der Waals surface area contributed by atoms with Crippen molar-refractivity contribution in [3.63, 3.8) is 0 Å². The highest BCUT2D eigenvalue weighted by Gasteiger charge is 2.22. The van der Waals surface area contributed by atoms with Crippen molar-refractivity contribution in [2.75, 3.05) is 31.1 Å². The van der Waals surface area contributed by atoms with Crippen LogP contribution in [0, 0.1) is 0 Å². The average molecular weight is 467 g/mol. The normalized spacial score (nSPS) is 11.3. The van der Waals surface area contributed by atoms with Crippen molar-refractivity contribution < 1.29 is 4.79 Å². The number of fused-ring (bicyclic) bond motifs is 1. The molecule has 7 heteroatoms. The highest BCUT2D eigenvalue weighted by Crippen LogP contribution is 2.31. The van der Waals surface area contributed by atoms with Gasteiger partial charge in [-0.2, -0.15) is 0 Å². The first-order valence-corrected chi connectivity index (χ1v) is 10.9. The third kappa shape index (κ3) is 4.88. The van der Waals surface area contributed by atoms with E-state index in [1.807, 2.05) is 42.5 Å². The highest BCUT2D eigenvalue weighted by molar-refractivity contribution is 9.10. The molecule has 0 radical (unpaired) electrons. The van der Waals surface area contributed by atoms with Gasteiger partial charge in [0.25, 0.3) is 5.91 Å². The second-order valence-electron chi connectivity index (χ2n) is 6.10. The Morgan fingerprint density at radius 3 is 2.48 bits per heavy atom. The van der Waals surface area contributed by atoms with Crippen LogP contribution < -0.4 is 4.90 Å². The molecule has 0 aliphatic rings. The molecule has 0 bridgehead atoms. The molecule has 0 fully saturated rings. The predicted molar refractivity (Wildman–Crippen MR) is 118 cm³/mol. The molecule has 0 saturated heterocycles. The number of amides is 1. The Hall–Kier alpha value is -1.47. The van der Waals surface area contributed by atoms with Crippen LogP contribution in [-0.2, 0) is 0 Å². The lowest BCUT2D eigenvalue weighted by Crippen LogP contribution is -2.38. The van der Waals surface area contributed by atoms with Crippen LogP contribution in [0.1, 0.15) is 24.2 Å². The Balaban J connectivity index is 1.94. The van der Waals surface area contributed by atoms with Crippen LogP contribution in [0.4, 0.5) is 5.13 Å². The summed E-state index contributed by atoms with van der Waals surface area (Å²) < 4.78 is 1.93. The minimum Gasteiger partial charge on any atom is -0.302 e. The Morgan fingerprint density at radius 2 is 1.81 bits per heavy atom. The van der Waals surface area contributed by atoms with E-state index in [-0.39, 0.29) is 5.91 Å². The lowest BCUT2D eigenvalue weighted by atomic mass is 10.2. The molecule has 142 valence electrons. The van der Waals surface area contributed by atoms with Gasteiger partial charge < -0.3 is 4.90 Å². The van der Waals surface area contributed by atoms with Crippen molar-refractivity contribution in [2.24, 2.45) is 0 Å². The van der Waals surface area contributed by atoms with Gasteiger partial charge in [0.1, 0.15) is 0 Å². The lowest BCUT2D eigenvalue weighted by Gasteiger charge is -2.24. The van der Waals surface area contributed by atoms with Crippen molar-refractivity contribution in [3.05, 3.63) is 57.5 Å². The summed E-state index contributed by atoms with van der Waals surface area (Å²) in [6.45, 7) is 7.54. The number of carbonyl (C=O) groups is 1. The maximum Gasteiger partial charge on any atom is 0.260 e. The number of rotatable bonds is 7. The fraction of sp³-hybridized carbons (Fsp3) is 0.300. The van der Waals surface area contributed by atoms with Crippen LogP contribution in [0.5, 0.6) is 0 Å². The number of halogens is 2. The smallest absolute Gasteiger partial charge is 0.260 e. The number of aromatic nitrogens is 1. The molecular weight excluding hydrogens is 446 g/mol. The molecule has 0 aliphatic heterocycles. The topological polar surface area (TPSA) is 36.4 Å². The summed E-state index contributed by atoms with van der Waals surface area (Å²) in [4.78, 5) is 22.0. The molecule has 4 nitrogen and oxygen atoms in total. The van der Waals surface area contributed by atoms with Gasteiger partial charge >= 0.3 is 0 Å². The number of hydrogen-bond donors (Lipinski definition) is 0. The Labute approximate surface area is 176 Å². The van der Waals surface area contributed by atoms with Crippen LogP contribution in [0.3, 0.4) is 0 Å². The second-order valence-corrected chi connectivity index (χ2v) is 8.46. The molecule has 2 aromatic carbocycles. The molecule has 0 atom stereocenters. The summed E-state index contributed by atoms with van der Waals surface area (Å²) in [7, 11) is 0. The Bertz CT molecular complexity index is 925. The third-order valence-electron chi connectivity index (χ3n) is 4.44. The van der Waals surface area contributed by atoms with Gasteiger partial charge in [0.15, 0.2) is 5.13 Å². The van der Waals surface area contributed by atoms with Crippen molar-refractivity contribution in [2.45, 2.75) is 13.8 Å². The van der Waals surface area contributed by atoms with Gasteiger partial charge in [-0.3, -0.25) is 9.69 Å². The molecule has 0 unspecified atom stereocenters. The average Bonchev–Trinajstić information content (AvgIpc) is 3.08. The summed E-state index contributed by atoms with van der Waals surface area (Å²) in [5, 5.41) is 1.37. The summed E-state index contributed by atoms with van der Waals surface area (Å²) >= 11 is 11.0. The molecule has 0 spiro atoms. The van der Waals surface area contributed by atoms with Crippen LogP contribution in [0.25, 0.3) is 10.2 Å². The van der Waals surface area contributed by atoms with E-state index in [0.717, 1.165) is 34.3 Å². The van der Waals surface area contributed by atoms with Gasteiger partial charge in [-0.15, -0.1) is 0 Å². The van der Waals surface area contributed by atoms with Gasteiger partial charge in [-0.1, -0.05) is 52.7 Å². The second kappa shape index (κ2) is 9.15. The zero-order chi connectivity index (χ0) is 19.4. The first kappa shape index (κ1) is 20.3. The first-order chi connectivity index (χ1) is 13.0. The summed E-state index contributed by atoms with van der Waals surface area (Å²) in [6.07, 6.45) is 0. The molecule has 27 heavy (non-hydrogen) atoms. The Morgan fingerprint density at radius 1 is 1.11 bits per heavy atom. The fourth-order valence-corrected chi connectivity index (χ4v) is 4.35. The maximum absolute atomic E-state index is 13.2. The zero-order valence-corrected chi connectivity index (χ0v) is 18.4. The first-order valence-electron chi connectivity index (χ1n) is 8.87. The zero-order valence-electron chi connectivity index (χ0n) is 15.3. The molecule has 1 aromatic heterocycles. The van der Waals surface area contributed by atoms with Crippen molar-refractivity contribution in [1.29, 1.82) is 0 Å². The van der Waals surface area contributed by atoms with Crippen molar-refractivity contribution in [1.82, 2.24) is 9.88 Å². The van der Waals surface area contributed by atoms with Crippen LogP contribution in [-0.4, -0.2) is 42.0 Å². The van der Waals surface area contributed by atoms with E-state index < -0.39 is 0 Å². The predicted octanol–water partition coefficient (Wildman–Crippen LogP) is 5.70. The van der Waals surface area contributed by atoms with Crippen molar-refractivity contribution >= 4 is 60.1 Å². The minimum atomic E-state index is -0.0418. The van der Waals surface area contributed by atoms with E-state index in [1.165, 1.54) is 11.3 Å². The third-order valence-corrected chi connectivity index (χ3v) is 6.25. The van der Waals surface area contributed by atoms with E-state index >= 15 is 0 Å². The van der Waals surface area contributed by atoms with Gasteiger partial charge in [0.05, 0.1) is 10.2 Å². The standard InChI is InChI=1S/C20H21BrClN3OS/c1-3-24(4-2)11-12-25(19(26)14-5-7-15(21)8-6-14)20-23-17-10-9-16(22)13-18(17)27-20/h5-10,13H,3-4,11-12H2,1-2H3. The molecule has 0 aliphatic carbocycles. The molecule has 1 amide bonds. The summed E-state index contributed by atoms with van der Waals surface area (Å²) in [6, 6.07) is 13.0. The van der Waals surface area contributed by atoms with Crippen LogP contribution in [0.15, 0.2) is 46.9 Å². The number of hydrogen-bond acceptors (Lipinski definition) is 4. The number of likely N-dealkylation sites (N-methyl/N-ethyl adjacent to an activating group) is 1. The van der Waals surface area contributed by atoms with Gasteiger partial charge in [-0.25, -0.2) is 4.98 Å². The van der Waals surface area contributed by atoms with E-state index in [4.69, 9.17) is 11.6 Å². The SMILES string of the molecule is CCN(CC)CCN(C(=O)c1ccc(Br)cc1)c1nc2ccc(Cl)cc2s1. The van der Waals surface area contributed by atoms with Crippen LogP contribution >= 0.6 is 38.9 Å². The summed E-state index contributed by atoms with van der Waals surface area (Å²) in [5.41, 5.74) is 1.51. The molecule has 0 N–H and O–H groups in total. The van der Waals surface area contributed by atoms with E-state index in [9.17, 15) is 4.79 Å². The summed E-state index contributed by atoms with van der Waals surface area (Å²) in [5.74, 6) is -0.0418. The molecule has 3 aromatic rings. The fourth-order valence-electron chi connectivity index (χ4n) is 2.82. The van der Waals surface area contributed by atoms with E-state index in [1.54, 1.807) is 4.90 Å². The molecule has 0 saturated carbocycles. The number of benzene rings is 2. The maximum atomic E-state index is 13.2. The van der Waals surface area contributed by atoms with Crippen molar-refractivity contribution in [3.8, 4) is 0 Å². The molecule has 3 rings (SSSR count). The minimum absolute atomic E-state index is 0.0418. The highest BCUT2D eigenvalue weighted by atomic mass is 79.9. The number of carbonyl (C=O) groups excluding carboxylic acids is 1. The number of thiazole rings is 1. The van der Waals surface area contributed by atoms with E-state index in [0.29, 0.717) is 22.3 Å². The van der Waals surface area contributed by atoms with Gasteiger partial charge in [0, 0.05) is 28.1 Å². The van der Waals surface area contributed by atoms with E-state index in [2.05, 4.69) is 39.7 Å². The largest absolute Gasteiger partial charge is 0.302 e. The Kier molecular flexibility index (Phi) is 6.87. The van der Waals surface area contributed by atoms with Gasteiger partial charge in [0.2, 0.25) is 0 Å².